The van der Waals surface area contributed by atoms with Gasteiger partial charge in [-0.2, -0.15) is 0 Å². The van der Waals surface area contributed by atoms with E-state index in [4.69, 9.17) is 4.74 Å². The lowest BCUT2D eigenvalue weighted by Crippen LogP contribution is -2.53. The van der Waals surface area contributed by atoms with Gasteiger partial charge < -0.3 is 24.8 Å². The van der Waals surface area contributed by atoms with E-state index in [1.54, 1.807) is 7.11 Å². The number of methoxy groups -OCH3 is 1. The zero-order valence-electron chi connectivity index (χ0n) is 15.6. The predicted molar refractivity (Wildman–Crippen MR) is 101 cm³/mol. The SMILES string of the molecule is CCCN1CC(NC(=O)N2CCN(c3cccc(OC)c3)CC2)CC1=O. The minimum atomic E-state index is -0.0713. The highest BCUT2D eigenvalue weighted by molar-refractivity contribution is 5.81. The molecule has 142 valence electrons. The molecule has 26 heavy (non-hydrogen) atoms. The summed E-state index contributed by atoms with van der Waals surface area (Å²) < 4.78 is 5.28. The summed E-state index contributed by atoms with van der Waals surface area (Å²) >= 11 is 0. The number of amides is 3. The van der Waals surface area contributed by atoms with Gasteiger partial charge >= 0.3 is 6.03 Å². The topological polar surface area (TPSA) is 65.1 Å². The van der Waals surface area contributed by atoms with Crippen molar-refractivity contribution in [2.45, 2.75) is 25.8 Å². The molecular weight excluding hydrogens is 332 g/mol. The van der Waals surface area contributed by atoms with Crippen LogP contribution in [0.2, 0.25) is 0 Å². The van der Waals surface area contributed by atoms with Gasteiger partial charge in [0.1, 0.15) is 5.75 Å². The van der Waals surface area contributed by atoms with Crippen LogP contribution in [0.4, 0.5) is 10.5 Å². The fourth-order valence-electron chi connectivity index (χ4n) is 3.60. The Labute approximate surface area is 154 Å². The average molecular weight is 360 g/mol. The van der Waals surface area contributed by atoms with Gasteiger partial charge in [-0.1, -0.05) is 13.0 Å². The van der Waals surface area contributed by atoms with Crippen LogP contribution < -0.4 is 15.0 Å². The lowest BCUT2D eigenvalue weighted by molar-refractivity contribution is -0.127. The third-order valence-corrected chi connectivity index (χ3v) is 5.02. The molecule has 1 unspecified atom stereocenters. The fourth-order valence-corrected chi connectivity index (χ4v) is 3.60. The summed E-state index contributed by atoms with van der Waals surface area (Å²) in [7, 11) is 1.66. The summed E-state index contributed by atoms with van der Waals surface area (Å²) in [6.07, 6.45) is 1.36. The number of carbonyl (C=O) groups is 2. The zero-order chi connectivity index (χ0) is 18.5. The highest BCUT2D eigenvalue weighted by atomic mass is 16.5. The van der Waals surface area contributed by atoms with Crippen LogP contribution in [-0.2, 0) is 4.79 Å². The van der Waals surface area contributed by atoms with Crippen molar-refractivity contribution >= 4 is 17.6 Å². The molecule has 2 saturated heterocycles. The molecule has 2 heterocycles. The van der Waals surface area contributed by atoms with Crippen molar-refractivity contribution in [1.82, 2.24) is 15.1 Å². The number of hydrogen-bond acceptors (Lipinski definition) is 4. The normalized spacial score (nSPS) is 20.5. The third-order valence-electron chi connectivity index (χ3n) is 5.02. The first-order valence-corrected chi connectivity index (χ1v) is 9.33. The predicted octanol–water partition coefficient (Wildman–Crippen LogP) is 1.54. The first kappa shape index (κ1) is 18.4. The van der Waals surface area contributed by atoms with E-state index < -0.39 is 0 Å². The molecule has 3 rings (SSSR count). The van der Waals surface area contributed by atoms with Crippen molar-refractivity contribution in [3.8, 4) is 5.75 Å². The van der Waals surface area contributed by atoms with Gasteiger partial charge in [-0.3, -0.25) is 4.79 Å². The van der Waals surface area contributed by atoms with Gasteiger partial charge in [0.25, 0.3) is 0 Å². The minimum absolute atomic E-state index is 0.0635. The molecule has 1 atom stereocenters. The quantitative estimate of drug-likeness (QED) is 0.865. The number of rotatable bonds is 5. The molecule has 1 aromatic rings. The second kappa shape index (κ2) is 8.29. The number of hydrogen-bond donors (Lipinski definition) is 1. The van der Waals surface area contributed by atoms with Crippen LogP contribution in [0.5, 0.6) is 5.75 Å². The van der Waals surface area contributed by atoms with Crippen LogP contribution in [0.1, 0.15) is 19.8 Å². The van der Waals surface area contributed by atoms with Gasteiger partial charge in [0.15, 0.2) is 0 Å². The molecule has 1 aromatic carbocycles. The highest BCUT2D eigenvalue weighted by Gasteiger charge is 2.31. The smallest absolute Gasteiger partial charge is 0.317 e. The van der Waals surface area contributed by atoms with E-state index in [-0.39, 0.29) is 18.0 Å². The molecule has 1 N–H and O–H groups in total. The van der Waals surface area contributed by atoms with Crippen molar-refractivity contribution in [2.75, 3.05) is 51.3 Å². The van der Waals surface area contributed by atoms with E-state index >= 15 is 0 Å². The van der Waals surface area contributed by atoms with Gasteiger partial charge in [0, 0.05) is 57.4 Å². The van der Waals surface area contributed by atoms with E-state index in [1.807, 2.05) is 28.0 Å². The number of ether oxygens (including phenoxy) is 1. The Hall–Kier alpha value is -2.44. The lowest BCUT2D eigenvalue weighted by atomic mass is 10.2. The van der Waals surface area contributed by atoms with Gasteiger partial charge in [0.05, 0.1) is 13.2 Å². The second-order valence-corrected chi connectivity index (χ2v) is 6.87. The minimum Gasteiger partial charge on any atom is -0.497 e. The maximum absolute atomic E-state index is 12.5. The molecule has 3 amide bonds. The van der Waals surface area contributed by atoms with E-state index in [2.05, 4.69) is 23.2 Å². The van der Waals surface area contributed by atoms with Gasteiger partial charge in [-0.15, -0.1) is 0 Å². The van der Waals surface area contributed by atoms with E-state index in [0.29, 0.717) is 26.1 Å². The van der Waals surface area contributed by atoms with Crippen molar-refractivity contribution in [3.05, 3.63) is 24.3 Å². The summed E-state index contributed by atoms with van der Waals surface area (Å²) in [5.41, 5.74) is 1.11. The molecule has 0 aliphatic carbocycles. The van der Waals surface area contributed by atoms with Gasteiger partial charge in [-0.05, 0) is 18.6 Å². The summed E-state index contributed by atoms with van der Waals surface area (Å²) in [6.45, 7) is 6.36. The van der Waals surface area contributed by atoms with E-state index in [1.165, 1.54) is 0 Å². The zero-order valence-corrected chi connectivity index (χ0v) is 15.6. The highest BCUT2D eigenvalue weighted by Crippen LogP contribution is 2.22. The van der Waals surface area contributed by atoms with Crippen LogP contribution in [-0.4, -0.2) is 74.2 Å². The first-order chi connectivity index (χ1) is 12.6. The molecule has 0 radical (unpaired) electrons. The van der Waals surface area contributed by atoms with Crippen molar-refractivity contribution < 1.29 is 14.3 Å². The monoisotopic (exact) mass is 360 g/mol. The van der Waals surface area contributed by atoms with Crippen LogP contribution in [0.3, 0.4) is 0 Å². The Morgan fingerprint density at radius 1 is 1.27 bits per heavy atom. The maximum atomic E-state index is 12.5. The van der Waals surface area contributed by atoms with Crippen LogP contribution >= 0.6 is 0 Å². The Balaban J connectivity index is 1.48. The third kappa shape index (κ3) is 4.20. The van der Waals surface area contributed by atoms with Crippen molar-refractivity contribution in [3.63, 3.8) is 0 Å². The molecule has 2 fully saturated rings. The lowest BCUT2D eigenvalue weighted by Gasteiger charge is -2.36. The number of benzene rings is 1. The number of urea groups is 1. The standard InChI is InChI=1S/C19H28N4O3/c1-3-7-23-14-15(12-18(23)24)20-19(25)22-10-8-21(9-11-22)16-5-4-6-17(13-16)26-2/h4-6,13,15H,3,7-12,14H2,1-2H3,(H,20,25). The average Bonchev–Trinajstić information content (AvgIpc) is 3.01. The number of anilines is 1. The Kier molecular flexibility index (Phi) is 5.85. The van der Waals surface area contributed by atoms with E-state index in [0.717, 1.165) is 37.5 Å². The Morgan fingerprint density at radius 3 is 2.73 bits per heavy atom. The molecule has 2 aliphatic rings. The number of piperazine rings is 1. The molecule has 0 aromatic heterocycles. The first-order valence-electron chi connectivity index (χ1n) is 9.33. The van der Waals surface area contributed by atoms with E-state index in [9.17, 15) is 9.59 Å². The van der Waals surface area contributed by atoms with Crippen LogP contribution in [0.25, 0.3) is 0 Å². The molecule has 0 saturated carbocycles. The number of nitrogens with one attached hydrogen (secondary N) is 1. The summed E-state index contributed by atoms with van der Waals surface area (Å²) in [4.78, 5) is 30.4. The Morgan fingerprint density at radius 2 is 2.04 bits per heavy atom. The largest absolute Gasteiger partial charge is 0.497 e. The van der Waals surface area contributed by atoms with Gasteiger partial charge in [0.2, 0.25) is 5.91 Å². The molecular formula is C19H28N4O3. The summed E-state index contributed by atoms with van der Waals surface area (Å²) in [5.74, 6) is 0.977. The fraction of sp³-hybridized carbons (Fsp3) is 0.579. The van der Waals surface area contributed by atoms with Crippen molar-refractivity contribution in [1.29, 1.82) is 0 Å². The summed E-state index contributed by atoms with van der Waals surface area (Å²) in [6, 6.07) is 7.85. The molecule has 0 spiro atoms. The molecule has 7 nitrogen and oxygen atoms in total. The summed E-state index contributed by atoms with van der Waals surface area (Å²) in [5, 5.41) is 3.03. The molecule has 7 heteroatoms. The second-order valence-electron chi connectivity index (χ2n) is 6.87. The van der Waals surface area contributed by atoms with Crippen LogP contribution in [0, 0.1) is 0 Å². The Bertz CT molecular complexity index is 643. The van der Waals surface area contributed by atoms with Crippen LogP contribution in [0.15, 0.2) is 24.3 Å². The molecule has 0 bridgehead atoms. The molecule has 2 aliphatic heterocycles. The maximum Gasteiger partial charge on any atom is 0.317 e. The van der Waals surface area contributed by atoms with Crippen molar-refractivity contribution in [2.24, 2.45) is 0 Å². The number of likely N-dealkylation sites (tertiary alicyclic amines) is 1. The number of nitrogens with zero attached hydrogens (tertiary/aromatic N) is 3. The van der Waals surface area contributed by atoms with Gasteiger partial charge in [-0.25, -0.2) is 4.79 Å². The number of carbonyl (C=O) groups excluding carboxylic acids is 2.